The minimum absolute atomic E-state index is 0.310. The van der Waals surface area contributed by atoms with Gasteiger partial charge in [-0.1, -0.05) is 24.6 Å². The van der Waals surface area contributed by atoms with E-state index in [9.17, 15) is 4.79 Å². The summed E-state index contributed by atoms with van der Waals surface area (Å²) >= 11 is 0. The Labute approximate surface area is 138 Å². The SMILES string of the molecule is O=C1Cc2ccccc2N1C1CCN(C2CC3CCC2C3)CC1. The van der Waals surface area contributed by atoms with Crippen LogP contribution in [0.3, 0.4) is 0 Å². The Hall–Kier alpha value is -1.35. The van der Waals surface area contributed by atoms with Gasteiger partial charge in [0.25, 0.3) is 0 Å². The van der Waals surface area contributed by atoms with Crippen molar-refractivity contribution < 1.29 is 4.79 Å². The van der Waals surface area contributed by atoms with Crippen LogP contribution in [-0.2, 0) is 11.2 Å². The molecule has 3 unspecified atom stereocenters. The van der Waals surface area contributed by atoms with Gasteiger partial charge in [-0.2, -0.15) is 0 Å². The van der Waals surface area contributed by atoms with Gasteiger partial charge in [-0.15, -0.1) is 0 Å². The average molecular weight is 310 g/mol. The quantitative estimate of drug-likeness (QED) is 0.837. The highest BCUT2D eigenvalue weighted by Gasteiger charge is 2.43. The standard InChI is InChI=1S/C20H26N2O/c23-20-13-15-3-1-2-4-18(15)22(20)17-7-9-21(10-8-17)19-12-14-5-6-16(19)11-14/h1-4,14,16-17,19H,5-13H2. The van der Waals surface area contributed by atoms with Crippen LogP contribution >= 0.6 is 0 Å². The van der Waals surface area contributed by atoms with Crippen molar-refractivity contribution in [3.63, 3.8) is 0 Å². The second-order valence-corrected chi connectivity index (χ2v) is 8.08. The van der Waals surface area contributed by atoms with Gasteiger partial charge in [0.2, 0.25) is 5.91 Å². The van der Waals surface area contributed by atoms with Gasteiger partial charge >= 0.3 is 0 Å². The van der Waals surface area contributed by atoms with E-state index in [4.69, 9.17) is 0 Å². The molecule has 0 spiro atoms. The van der Waals surface area contributed by atoms with Gasteiger partial charge in [0.05, 0.1) is 6.42 Å². The van der Waals surface area contributed by atoms with Gasteiger partial charge in [0.15, 0.2) is 0 Å². The molecule has 1 aromatic rings. The lowest BCUT2D eigenvalue weighted by Gasteiger charge is -2.42. The van der Waals surface area contributed by atoms with E-state index >= 15 is 0 Å². The number of anilines is 1. The summed E-state index contributed by atoms with van der Waals surface area (Å²) in [7, 11) is 0. The fourth-order valence-corrected chi connectivity index (χ4v) is 5.81. The van der Waals surface area contributed by atoms with Gasteiger partial charge < -0.3 is 4.90 Å². The van der Waals surface area contributed by atoms with E-state index in [1.165, 1.54) is 50.0 Å². The number of carbonyl (C=O) groups excluding carboxylic acids is 1. The fraction of sp³-hybridized carbons (Fsp3) is 0.650. The summed E-state index contributed by atoms with van der Waals surface area (Å²) in [6.45, 7) is 2.37. The van der Waals surface area contributed by atoms with Gasteiger partial charge in [-0.05, 0) is 55.6 Å². The Morgan fingerprint density at radius 2 is 1.78 bits per heavy atom. The van der Waals surface area contributed by atoms with Gasteiger partial charge in [0.1, 0.15) is 0 Å². The first-order valence-corrected chi connectivity index (χ1v) is 9.43. The molecule has 2 saturated carbocycles. The number of carbonyl (C=O) groups is 1. The predicted molar refractivity (Wildman–Crippen MR) is 91.5 cm³/mol. The zero-order valence-corrected chi connectivity index (χ0v) is 13.8. The number of likely N-dealkylation sites (tertiary alicyclic amines) is 1. The summed E-state index contributed by atoms with van der Waals surface area (Å²) in [5, 5.41) is 0. The van der Waals surface area contributed by atoms with Crippen LogP contribution in [0.15, 0.2) is 24.3 Å². The third kappa shape index (κ3) is 2.24. The van der Waals surface area contributed by atoms with Crippen LogP contribution in [0.4, 0.5) is 5.69 Å². The molecule has 3 atom stereocenters. The van der Waals surface area contributed by atoms with Crippen molar-refractivity contribution in [2.75, 3.05) is 18.0 Å². The van der Waals surface area contributed by atoms with Crippen LogP contribution in [-0.4, -0.2) is 36.0 Å². The number of hydrogen-bond donors (Lipinski definition) is 0. The smallest absolute Gasteiger partial charge is 0.231 e. The zero-order valence-electron chi connectivity index (χ0n) is 13.8. The summed E-state index contributed by atoms with van der Waals surface area (Å²) in [6, 6.07) is 9.62. The maximum absolute atomic E-state index is 12.5. The van der Waals surface area contributed by atoms with E-state index in [1.807, 2.05) is 6.07 Å². The second-order valence-electron chi connectivity index (χ2n) is 8.08. The van der Waals surface area contributed by atoms with E-state index in [0.717, 1.165) is 30.7 Å². The molecule has 3 nitrogen and oxygen atoms in total. The fourth-order valence-electron chi connectivity index (χ4n) is 5.81. The van der Waals surface area contributed by atoms with Crippen LogP contribution < -0.4 is 4.90 Å². The molecule has 1 aromatic carbocycles. The van der Waals surface area contributed by atoms with Crippen molar-refractivity contribution in [2.45, 2.75) is 57.0 Å². The van der Waals surface area contributed by atoms with Crippen LogP contribution in [0.1, 0.15) is 44.1 Å². The van der Waals surface area contributed by atoms with Gasteiger partial charge in [-0.25, -0.2) is 0 Å². The molecule has 1 saturated heterocycles. The lowest BCUT2D eigenvalue weighted by Crippen LogP contribution is -2.50. The van der Waals surface area contributed by atoms with Crippen molar-refractivity contribution in [3.05, 3.63) is 29.8 Å². The Morgan fingerprint density at radius 3 is 2.52 bits per heavy atom. The van der Waals surface area contributed by atoms with Crippen LogP contribution in [0, 0.1) is 11.8 Å². The number of fused-ring (bicyclic) bond motifs is 3. The lowest BCUT2D eigenvalue weighted by atomic mass is 9.91. The maximum atomic E-state index is 12.5. The highest BCUT2D eigenvalue weighted by molar-refractivity contribution is 6.01. The van der Waals surface area contributed by atoms with Crippen LogP contribution in [0.2, 0.25) is 0 Å². The second kappa shape index (κ2) is 5.34. The number of nitrogens with zero attached hydrogens (tertiary/aromatic N) is 2. The third-order valence-corrected chi connectivity index (χ3v) is 6.90. The van der Waals surface area contributed by atoms with Crippen molar-refractivity contribution in [2.24, 2.45) is 11.8 Å². The molecule has 23 heavy (non-hydrogen) atoms. The monoisotopic (exact) mass is 310 g/mol. The van der Waals surface area contributed by atoms with E-state index < -0.39 is 0 Å². The topological polar surface area (TPSA) is 23.6 Å². The molecular weight excluding hydrogens is 284 g/mol. The largest absolute Gasteiger partial charge is 0.309 e. The van der Waals surface area contributed by atoms with E-state index in [0.29, 0.717) is 18.4 Å². The Morgan fingerprint density at radius 1 is 0.957 bits per heavy atom. The molecule has 0 N–H and O–H groups in total. The Balaban J connectivity index is 1.28. The lowest BCUT2D eigenvalue weighted by molar-refractivity contribution is -0.118. The van der Waals surface area contributed by atoms with Crippen LogP contribution in [0.25, 0.3) is 0 Å². The van der Waals surface area contributed by atoms with Crippen LogP contribution in [0.5, 0.6) is 0 Å². The van der Waals surface area contributed by atoms with E-state index in [1.54, 1.807) is 0 Å². The molecule has 2 aliphatic carbocycles. The molecule has 1 amide bonds. The van der Waals surface area contributed by atoms with E-state index in [-0.39, 0.29) is 0 Å². The highest BCUT2D eigenvalue weighted by atomic mass is 16.2. The highest BCUT2D eigenvalue weighted by Crippen LogP contribution is 2.47. The molecule has 3 fully saturated rings. The maximum Gasteiger partial charge on any atom is 0.231 e. The molecule has 122 valence electrons. The van der Waals surface area contributed by atoms with Crippen molar-refractivity contribution in [3.8, 4) is 0 Å². The van der Waals surface area contributed by atoms with Crippen molar-refractivity contribution >= 4 is 11.6 Å². The number of piperidine rings is 1. The average Bonchev–Trinajstić information content (AvgIpc) is 3.28. The molecule has 2 heterocycles. The number of amides is 1. The summed E-state index contributed by atoms with van der Waals surface area (Å²) < 4.78 is 0. The van der Waals surface area contributed by atoms with Crippen molar-refractivity contribution in [1.29, 1.82) is 0 Å². The van der Waals surface area contributed by atoms with Crippen molar-refractivity contribution in [1.82, 2.24) is 4.90 Å². The first kappa shape index (κ1) is 14.0. The molecular formula is C20H26N2O. The number of benzene rings is 1. The Bertz CT molecular complexity index is 620. The first-order valence-electron chi connectivity index (χ1n) is 9.43. The molecule has 4 aliphatic rings. The number of hydrogen-bond acceptors (Lipinski definition) is 2. The number of para-hydroxylation sites is 1. The summed E-state index contributed by atoms with van der Waals surface area (Å²) in [5.41, 5.74) is 2.39. The minimum Gasteiger partial charge on any atom is -0.309 e. The molecule has 0 aromatic heterocycles. The molecule has 3 heteroatoms. The third-order valence-electron chi connectivity index (χ3n) is 6.90. The molecule has 0 radical (unpaired) electrons. The zero-order chi connectivity index (χ0) is 15.4. The Kier molecular flexibility index (Phi) is 3.26. The summed E-state index contributed by atoms with van der Waals surface area (Å²) in [6.07, 6.45) is 8.78. The predicted octanol–water partition coefficient (Wildman–Crippen LogP) is 3.23. The summed E-state index contributed by atoms with van der Waals surface area (Å²) in [4.78, 5) is 17.4. The first-order chi connectivity index (χ1) is 11.3. The van der Waals surface area contributed by atoms with Gasteiger partial charge in [-0.3, -0.25) is 9.69 Å². The minimum atomic E-state index is 0.310. The van der Waals surface area contributed by atoms with Gasteiger partial charge in [0, 0.05) is 30.9 Å². The summed E-state index contributed by atoms with van der Waals surface area (Å²) in [5.74, 6) is 2.31. The van der Waals surface area contributed by atoms with E-state index in [2.05, 4.69) is 28.0 Å². The molecule has 5 rings (SSSR count). The normalized spacial score (nSPS) is 34.3. The molecule has 2 bridgehead atoms. The number of rotatable bonds is 2. The molecule has 2 aliphatic heterocycles.